The Morgan fingerprint density at radius 3 is 1.95 bits per heavy atom. The quantitative estimate of drug-likeness (QED) is 0.798. The number of hydrogen-bond acceptors (Lipinski definition) is 2. The van der Waals surface area contributed by atoms with Crippen LogP contribution in [-0.2, 0) is 5.54 Å². The zero-order chi connectivity index (χ0) is 13.7. The molecule has 104 valence electrons. The Morgan fingerprint density at radius 1 is 0.700 bits per heavy atom. The van der Waals surface area contributed by atoms with E-state index in [1.165, 1.54) is 37.7 Å². The maximum Gasteiger partial charge on any atom is 0.0619 e. The minimum atomic E-state index is 0.0648. The van der Waals surface area contributed by atoms with Crippen LogP contribution in [0.3, 0.4) is 0 Å². The molecule has 0 spiro atoms. The van der Waals surface area contributed by atoms with E-state index >= 15 is 0 Å². The van der Waals surface area contributed by atoms with Crippen molar-refractivity contribution >= 4 is 5.69 Å². The third-order valence-corrected chi connectivity index (χ3v) is 4.25. The summed E-state index contributed by atoms with van der Waals surface area (Å²) in [7, 11) is 0. The second-order valence-corrected chi connectivity index (χ2v) is 5.62. The van der Waals surface area contributed by atoms with E-state index in [0.717, 1.165) is 5.69 Å². The minimum Gasteiger partial charge on any atom is -0.321 e. The van der Waals surface area contributed by atoms with E-state index in [1.807, 2.05) is 6.07 Å². The van der Waals surface area contributed by atoms with Crippen LogP contribution in [0.1, 0.15) is 37.7 Å². The van der Waals surface area contributed by atoms with Crippen molar-refractivity contribution in [3.63, 3.8) is 0 Å². The van der Waals surface area contributed by atoms with Crippen LogP contribution >= 0.6 is 0 Å². The average molecular weight is 266 g/mol. The van der Waals surface area contributed by atoms with Gasteiger partial charge in [0.1, 0.15) is 0 Å². The summed E-state index contributed by atoms with van der Waals surface area (Å²) in [4.78, 5) is 0. The first-order valence-electron chi connectivity index (χ1n) is 7.53. The van der Waals surface area contributed by atoms with Crippen LogP contribution in [0, 0.1) is 0 Å². The molecule has 1 saturated carbocycles. The fourth-order valence-corrected chi connectivity index (χ4v) is 3.11. The van der Waals surface area contributed by atoms with Crippen molar-refractivity contribution in [2.45, 2.75) is 37.6 Å². The molecule has 0 bridgehead atoms. The van der Waals surface area contributed by atoms with E-state index < -0.39 is 0 Å². The number of hydrazine groups is 1. The number of anilines is 1. The maximum absolute atomic E-state index is 3.62. The first-order valence-corrected chi connectivity index (χ1v) is 7.53. The predicted molar refractivity (Wildman–Crippen MR) is 84.4 cm³/mol. The Bertz CT molecular complexity index is 516. The van der Waals surface area contributed by atoms with Gasteiger partial charge in [0.15, 0.2) is 0 Å². The molecule has 2 nitrogen and oxygen atoms in total. The van der Waals surface area contributed by atoms with E-state index in [-0.39, 0.29) is 5.54 Å². The molecule has 2 aromatic rings. The Kier molecular flexibility index (Phi) is 4.03. The lowest BCUT2D eigenvalue weighted by molar-refractivity contribution is 0.249. The molecule has 2 heteroatoms. The lowest BCUT2D eigenvalue weighted by Gasteiger charge is -2.39. The number of para-hydroxylation sites is 1. The first kappa shape index (κ1) is 13.2. The number of hydrogen-bond donors (Lipinski definition) is 2. The number of rotatable bonds is 4. The van der Waals surface area contributed by atoms with Crippen molar-refractivity contribution in [2.75, 3.05) is 5.43 Å². The highest BCUT2D eigenvalue weighted by Crippen LogP contribution is 2.36. The van der Waals surface area contributed by atoms with Crippen molar-refractivity contribution in [1.29, 1.82) is 0 Å². The molecule has 0 aliphatic heterocycles. The van der Waals surface area contributed by atoms with Crippen molar-refractivity contribution in [3.05, 3.63) is 66.2 Å². The zero-order valence-corrected chi connectivity index (χ0v) is 11.8. The zero-order valence-electron chi connectivity index (χ0n) is 11.8. The van der Waals surface area contributed by atoms with E-state index in [2.05, 4.69) is 65.4 Å². The average Bonchev–Trinajstić information content (AvgIpc) is 2.56. The summed E-state index contributed by atoms with van der Waals surface area (Å²) >= 11 is 0. The highest BCUT2D eigenvalue weighted by Gasteiger charge is 2.33. The SMILES string of the molecule is c1ccc(NNC2(c3ccccc3)CCCCC2)cc1. The van der Waals surface area contributed by atoms with E-state index in [0.29, 0.717) is 0 Å². The summed E-state index contributed by atoms with van der Waals surface area (Å²) in [5, 5.41) is 0. The standard InChI is InChI=1S/C18H22N2/c1-4-10-16(11-5-1)18(14-8-3-9-15-18)20-19-17-12-6-2-7-13-17/h1-2,4-7,10-13,19-20H,3,8-9,14-15H2. The monoisotopic (exact) mass is 266 g/mol. The van der Waals surface area contributed by atoms with Crippen LogP contribution in [-0.4, -0.2) is 0 Å². The van der Waals surface area contributed by atoms with Gasteiger partial charge in [-0.15, -0.1) is 0 Å². The molecule has 0 aromatic heterocycles. The molecule has 0 radical (unpaired) electrons. The lowest BCUT2D eigenvalue weighted by Crippen LogP contribution is -2.47. The molecule has 1 aliphatic carbocycles. The van der Waals surface area contributed by atoms with Crippen LogP contribution in [0.4, 0.5) is 5.69 Å². The lowest BCUT2D eigenvalue weighted by atomic mass is 9.77. The largest absolute Gasteiger partial charge is 0.321 e. The maximum atomic E-state index is 3.62. The van der Waals surface area contributed by atoms with E-state index in [1.54, 1.807) is 0 Å². The summed E-state index contributed by atoms with van der Waals surface area (Å²) in [6, 6.07) is 21.2. The van der Waals surface area contributed by atoms with Crippen LogP contribution in [0.25, 0.3) is 0 Å². The second kappa shape index (κ2) is 6.10. The molecule has 2 aromatic carbocycles. The summed E-state index contributed by atoms with van der Waals surface area (Å²) in [5.74, 6) is 0. The van der Waals surface area contributed by atoms with Crippen molar-refractivity contribution < 1.29 is 0 Å². The molecule has 0 amide bonds. The molecule has 20 heavy (non-hydrogen) atoms. The van der Waals surface area contributed by atoms with Gasteiger partial charge >= 0.3 is 0 Å². The molecule has 0 heterocycles. The Hall–Kier alpha value is -1.80. The Balaban J connectivity index is 1.80. The van der Waals surface area contributed by atoms with Gasteiger partial charge in [0, 0.05) is 5.69 Å². The Morgan fingerprint density at radius 2 is 1.30 bits per heavy atom. The third kappa shape index (κ3) is 2.86. The minimum absolute atomic E-state index is 0.0648. The van der Waals surface area contributed by atoms with Crippen LogP contribution in [0.15, 0.2) is 60.7 Å². The smallest absolute Gasteiger partial charge is 0.0619 e. The van der Waals surface area contributed by atoms with Gasteiger partial charge in [-0.25, -0.2) is 5.43 Å². The topological polar surface area (TPSA) is 24.1 Å². The van der Waals surface area contributed by atoms with Gasteiger partial charge in [-0.05, 0) is 30.5 Å². The van der Waals surface area contributed by atoms with Crippen molar-refractivity contribution in [1.82, 2.24) is 5.43 Å². The van der Waals surface area contributed by atoms with Gasteiger partial charge in [0.25, 0.3) is 0 Å². The summed E-state index contributed by atoms with van der Waals surface area (Å²) in [6.45, 7) is 0. The molecule has 0 atom stereocenters. The molecular formula is C18H22N2. The third-order valence-electron chi connectivity index (χ3n) is 4.25. The molecular weight excluding hydrogens is 244 g/mol. The van der Waals surface area contributed by atoms with Crippen LogP contribution < -0.4 is 10.9 Å². The predicted octanol–water partition coefficient (Wildman–Crippen LogP) is 4.46. The van der Waals surface area contributed by atoms with Gasteiger partial charge in [-0.3, -0.25) is 0 Å². The molecule has 2 N–H and O–H groups in total. The first-order chi connectivity index (χ1) is 9.89. The van der Waals surface area contributed by atoms with Crippen molar-refractivity contribution in [3.8, 4) is 0 Å². The second-order valence-electron chi connectivity index (χ2n) is 5.62. The van der Waals surface area contributed by atoms with Crippen molar-refractivity contribution in [2.24, 2.45) is 0 Å². The number of benzene rings is 2. The fourth-order valence-electron chi connectivity index (χ4n) is 3.11. The normalized spacial score (nSPS) is 17.6. The van der Waals surface area contributed by atoms with Gasteiger partial charge in [-0.2, -0.15) is 0 Å². The molecule has 1 fully saturated rings. The Labute approximate surface area is 121 Å². The van der Waals surface area contributed by atoms with Gasteiger partial charge < -0.3 is 5.43 Å². The molecule has 0 saturated heterocycles. The van der Waals surface area contributed by atoms with E-state index in [9.17, 15) is 0 Å². The summed E-state index contributed by atoms with van der Waals surface area (Å²) < 4.78 is 0. The van der Waals surface area contributed by atoms with Gasteiger partial charge in [-0.1, -0.05) is 67.8 Å². The molecule has 0 unspecified atom stereocenters. The van der Waals surface area contributed by atoms with Gasteiger partial charge in [0.05, 0.1) is 5.54 Å². The van der Waals surface area contributed by atoms with Crippen LogP contribution in [0.5, 0.6) is 0 Å². The highest BCUT2D eigenvalue weighted by atomic mass is 15.4. The summed E-state index contributed by atoms with van der Waals surface area (Å²) in [5.41, 5.74) is 9.60. The molecule has 3 rings (SSSR count). The van der Waals surface area contributed by atoms with E-state index in [4.69, 9.17) is 0 Å². The highest BCUT2D eigenvalue weighted by molar-refractivity contribution is 5.42. The van der Waals surface area contributed by atoms with Gasteiger partial charge in [0.2, 0.25) is 0 Å². The summed E-state index contributed by atoms with van der Waals surface area (Å²) in [6.07, 6.45) is 6.31. The number of nitrogens with one attached hydrogen (secondary N) is 2. The van der Waals surface area contributed by atoms with Crippen LogP contribution in [0.2, 0.25) is 0 Å². The molecule has 1 aliphatic rings. The fraction of sp³-hybridized carbons (Fsp3) is 0.333.